The first-order valence-electron chi connectivity index (χ1n) is 8.75. The molecule has 1 aliphatic heterocycles. The van der Waals surface area contributed by atoms with Crippen molar-refractivity contribution in [2.75, 3.05) is 6.61 Å². The lowest BCUT2D eigenvalue weighted by atomic mass is 9.93. The van der Waals surface area contributed by atoms with Crippen molar-refractivity contribution in [3.8, 4) is 11.3 Å². The molecule has 4 heteroatoms. The highest BCUT2D eigenvalue weighted by Gasteiger charge is 2.45. The molecule has 1 saturated carbocycles. The number of amides is 1. The summed E-state index contributed by atoms with van der Waals surface area (Å²) in [6, 6.07) is 18.7. The summed E-state index contributed by atoms with van der Waals surface area (Å²) >= 11 is 0. The number of cyclic esters (lactones) is 1. The van der Waals surface area contributed by atoms with Gasteiger partial charge in [-0.25, -0.2) is 4.79 Å². The molecule has 1 N–H and O–H groups in total. The molecule has 2 fully saturated rings. The molecule has 2 atom stereocenters. The Morgan fingerprint density at radius 2 is 1.96 bits per heavy atom. The van der Waals surface area contributed by atoms with Crippen molar-refractivity contribution < 1.29 is 13.9 Å². The molecule has 1 aromatic heterocycles. The SMILES string of the molecule is O=C1N[C@@]2(CC[C@@H](c3ccc4oc(-c5ccccc5)cc4c3)C2)CO1. The number of hydrogen-bond donors (Lipinski definition) is 1. The number of furan rings is 1. The second-order valence-electron chi connectivity index (χ2n) is 7.20. The van der Waals surface area contributed by atoms with Crippen molar-refractivity contribution in [1.82, 2.24) is 5.32 Å². The third-order valence-corrected chi connectivity index (χ3v) is 5.53. The fourth-order valence-corrected chi connectivity index (χ4v) is 4.21. The van der Waals surface area contributed by atoms with Gasteiger partial charge in [0.1, 0.15) is 18.0 Å². The number of carbonyl (C=O) groups is 1. The van der Waals surface area contributed by atoms with Gasteiger partial charge < -0.3 is 14.5 Å². The van der Waals surface area contributed by atoms with Crippen LogP contribution < -0.4 is 5.32 Å². The van der Waals surface area contributed by atoms with E-state index in [2.05, 4.69) is 41.7 Å². The zero-order valence-corrected chi connectivity index (χ0v) is 13.8. The third-order valence-electron chi connectivity index (χ3n) is 5.53. The Labute approximate surface area is 145 Å². The van der Waals surface area contributed by atoms with Crippen LogP contribution in [0.2, 0.25) is 0 Å². The van der Waals surface area contributed by atoms with Gasteiger partial charge in [-0.15, -0.1) is 0 Å². The fraction of sp³-hybridized carbons (Fsp3) is 0.286. The average molecular weight is 333 g/mol. The van der Waals surface area contributed by atoms with E-state index in [1.807, 2.05) is 18.2 Å². The van der Waals surface area contributed by atoms with Crippen LogP contribution in [0.4, 0.5) is 4.79 Å². The predicted octanol–water partition coefficient (Wildman–Crippen LogP) is 4.85. The lowest BCUT2D eigenvalue weighted by Gasteiger charge is -2.20. The minimum atomic E-state index is -0.279. The molecular formula is C21H19NO3. The summed E-state index contributed by atoms with van der Waals surface area (Å²) in [5.74, 6) is 1.34. The van der Waals surface area contributed by atoms with Crippen molar-refractivity contribution in [1.29, 1.82) is 0 Å². The van der Waals surface area contributed by atoms with Crippen LogP contribution >= 0.6 is 0 Å². The third kappa shape index (κ3) is 2.49. The van der Waals surface area contributed by atoms with Gasteiger partial charge in [-0.1, -0.05) is 36.4 Å². The Morgan fingerprint density at radius 1 is 1.08 bits per heavy atom. The highest BCUT2D eigenvalue weighted by Crippen LogP contribution is 2.43. The number of ether oxygens (including phenoxy) is 1. The molecule has 1 saturated heterocycles. The molecule has 5 rings (SSSR count). The topological polar surface area (TPSA) is 51.5 Å². The molecular weight excluding hydrogens is 314 g/mol. The number of fused-ring (bicyclic) bond motifs is 1. The number of benzene rings is 2. The minimum Gasteiger partial charge on any atom is -0.456 e. The van der Waals surface area contributed by atoms with Gasteiger partial charge in [0.2, 0.25) is 0 Å². The van der Waals surface area contributed by atoms with Gasteiger partial charge in [-0.2, -0.15) is 0 Å². The van der Waals surface area contributed by atoms with E-state index in [9.17, 15) is 4.79 Å². The molecule has 1 amide bonds. The lowest BCUT2D eigenvalue weighted by molar-refractivity contribution is 0.172. The van der Waals surface area contributed by atoms with E-state index in [1.165, 1.54) is 5.56 Å². The van der Waals surface area contributed by atoms with Crippen LogP contribution in [0.3, 0.4) is 0 Å². The van der Waals surface area contributed by atoms with Crippen LogP contribution in [0.25, 0.3) is 22.3 Å². The quantitative estimate of drug-likeness (QED) is 0.729. The zero-order valence-electron chi connectivity index (χ0n) is 13.8. The van der Waals surface area contributed by atoms with Crippen LogP contribution in [-0.2, 0) is 4.74 Å². The molecule has 0 bridgehead atoms. The van der Waals surface area contributed by atoms with Crippen molar-refractivity contribution >= 4 is 17.1 Å². The van der Waals surface area contributed by atoms with Crippen molar-refractivity contribution in [2.45, 2.75) is 30.7 Å². The van der Waals surface area contributed by atoms with Crippen molar-refractivity contribution in [2.24, 2.45) is 0 Å². The summed E-state index contributed by atoms with van der Waals surface area (Å²) in [7, 11) is 0. The van der Waals surface area contributed by atoms with Gasteiger partial charge >= 0.3 is 6.09 Å². The molecule has 1 aliphatic carbocycles. The molecule has 3 aromatic rings. The molecule has 25 heavy (non-hydrogen) atoms. The van der Waals surface area contributed by atoms with Crippen LogP contribution in [-0.4, -0.2) is 18.2 Å². The van der Waals surface area contributed by atoms with E-state index < -0.39 is 0 Å². The van der Waals surface area contributed by atoms with Crippen LogP contribution in [0.5, 0.6) is 0 Å². The highest BCUT2D eigenvalue weighted by atomic mass is 16.6. The first-order valence-corrected chi connectivity index (χ1v) is 8.75. The van der Waals surface area contributed by atoms with E-state index in [0.29, 0.717) is 12.5 Å². The maximum atomic E-state index is 11.4. The van der Waals surface area contributed by atoms with Gasteiger partial charge in [0, 0.05) is 10.9 Å². The van der Waals surface area contributed by atoms with Gasteiger partial charge in [0.05, 0.1) is 5.54 Å². The number of carbonyl (C=O) groups excluding carboxylic acids is 1. The van der Waals surface area contributed by atoms with E-state index >= 15 is 0 Å². The number of alkyl carbamates (subject to hydrolysis) is 1. The summed E-state index contributed by atoms with van der Waals surface area (Å²) in [6.07, 6.45) is 2.70. The number of hydrogen-bond acceptors (Lipinski definition) is 3. The summed E-state index contributed by atoms with van der Waals surface area (Å²) in [4.78, 5) is 11.4. The number of rotatable bonds is 2. The Bertz CT molecular complexity index is 946. The van der Waals surface area contributed by atoms with Gasteiger partial charge in [0.25, 0.3) is 0 Å². The maximum absolute atomic E-state index is 11.4. The molecule has 2 heterocycles. The van der Waals surface area contributed by atoms with Crippen LogP contribution in [0.1, 0.15) is 30.7 Å². The zero-order chi connectivity index (χ0) is 16.9. The van der Waals surface area contributed by atoms with Crippen LogP contribution in [0, 0.1) is 0 Å². The standard InChI is InChI=1S/C21H19NO3/c23-20-22-21(13-24-20)9-8-16(12-21)15-6-7-18-17(10-15)11-19(25-18)14-4-2-1-3-5-14/h1-7,10-11,16H,8-9,12-13H2,(H,22,23)/t16-,21-/m1/s1. The van der Waals surface area contributed by atoms with E-state index in [1.54, 1.807) is 0 Å². The molecule has 2 aromatic carbocycles. The molecule has 2 aliphatic rings. The first kappa shape index (κ1) is 14.6. The predicted molar refractivity (Wildman–Crippen MR) is 95.5 cm³/mol. The molecule has 126 valence electrons. The lowest BCUT2D eigenvalue weighted by Crippen LogP contribution is -2.40. The summed E-state index contributed by atoms with van der Waals surface area (Å²) in [6.45, 7) is 0.494. The smallest absolute Gasteiger partial charge is 0.407 e. The van der Waals surface area contributed by atoms with Gasteiger partial charge in [0.15, 0.2) is 0 Å². The van der Waals surface area contributed by atoms with Gasteiger partial charge in [-0.05, 0) is 48.9 Å². The Morgan fingerprint density at radius 3 is 2.76 bits per heavy atom. The average Bonchev–Trinajstić information content (AvgIpc) is 3.34. The Hall–Kier alpha value is -2.75. The summed E-state index contributed by atoms with van der Waals surface area (Å²) < 4.78 is 11.1. The molecule has 1 spiro atoms. The monoisotopic (exact) mass is 333 g/mol. The molecule has 0 unspecified atom stereocenters. The minimum absolute atomic E-state index is 0.164. The summed E-state index contributed by atoms with van der Waals surface area (Å²) in [5, 5.41) is 4.14. The first-order chi connectivity index (χ1) is 12.2. The maximum Gasteiger partial charge on any atom is 0.407 e. The Kier molecular flexibility index (Phi) is 3.14. The Balaban J connectivity index is 1.44. The second kappa shape index (κ2) is 5.38. The van der Waals surface area contributed by atoms with Crippen molar-refractivity contribution in [3.05, 3.63) is 60.2 Å². The van der Waals surface area contributed by atoms with E-state index in [0.717, 1.165) is 41.6 Å². The second-order valence-corrected chi connectivity index (χ2v) is 7.20. The summed E-state index contributed by atoms with van der Waals surface area (Å²) in [5.41, 5.74) is 3.15. The number of nitrogens with one attached hydrogen (secondary N) is 1. The molecule has 0 radical (unpaired) electrons. The van der Waals surface area contributed by atoms with Crippen LogP contribution in [0.15, 0.2) is 59.0 Å². The highest BCUT2D eigenvalue weighted by molar-refractivity contribution is 5.83. The largest absolute Gasteiger partial charge is 0.456 e. The van der Waals surface area contributed by atoms with E-state index in [4.69, 9.17) is 9.15 Å². The van der Waals surface area contributed by atoms with E-state index in [-0.39, 0.29) is 11.6 Å². The van der Waals surface area contributed by atoms with Crippen molar-refractivity contribution in [3.63, 3.8) is 0 Å². The molecule has 4 nitrogen and oxygen atoms in total. The normalized spacial score (nSPS) is 25.4. The fourth-order valence-electron chi connectivity index (χ4n) is 4.21. The van der Waals surface area contributed by atoms with Gasteiger partial charge in [-0.3, -0.25) is 0 Å².